The van der Waals surface area contributed by atoms with Gasteiger partial charge in [-0.3, -0.25) is 9.59 Å². The molecule has 0 aromatic heterocycles. The van der Waals surface area contributed by atoms with Gasteiger partial charge < -0.3 is 10.1 Å². The summed E-state index contributed by atoms with van der Waals surface area (Å²) in [4.78, 5) is 24.2. The van der Waals surface area contributed by atoms with Crippen LogP contribution in [0, 0.1) is 5.41 Å². The van der Waals surface area contributed by atoms with E-state index in [1.54, 1.807) is 26.0 Å². The number of hydrogen-bond acceptors (Lipinski definition) is 5. The number of amides is 1. The second kappa shape index (κ2) is 6.31. The van der Waals surface area contributed by atoms with E-state index in [2.05, 4.69) is 10.1 Å². The number of sulfone groups is 1. The van der Waals surface area contributed by atoms with Crippen LogP contribution in [0.2, 0.25) is 0 Å². The normalized spacial score (nSPS) is 17.2. The molecule has 1 aromatic rings. The summed E-state index contributed by atoms with van der Waals surface area (Å²) < 4.78 is 28.3. The van der Waals surface area contributed by atoms with Crippen molar-refractivity contribution < 1.29 is 22.7 Å². The zero-order valence-electron chi connectivity index (χ0n) is 13.5. The van der Waals surface area contributed by atoms with Gasteiger partial charge in [0.25, 0.3) is 0 Å². The molecule has 0 spiro atoms. The summed E-state index contributed by atoms with van der Waals surface area (Å²) in [5.74, 6) is -0.811. The Bertz CT molecular complexity index is 704. The second-order valence-electron chi connectivity index (χ2n) is 5.74. The Morgan fingerprint density at radius 2 is 1.83 bits per heavy atom. The molecule has 0 aliphatic heterocycles. The molecule has 1 fully saturated rings. The van der Waals surface area contributed by atoms with E-state index < -0.39 is 21.2 Å². The van der Waals surface area contributed by atoms with E-state index >= 15 is 0 Å². The third kappa shape index (κ3) is 3.39. The van der Waals surface area contributed by atoms with Gasteiger partial charge in [0.1, 0.15) is 5.41 Å². The van der Waals surface area contributed by atoms with Crippen LogP contribution >= 0.6 is 0 Å². The molecule has 1 aliphatic rings. The van der Waals surface area contributed by atoms with Crippen molar-refractivity contribution >= 4 is 21.7 Å². The summed E-state index contributed by atoms with van der Waals surface area (Å²) >= 11 is 0. The van der Waals surface area contributed by atoms with Crippen molar-refractivity contribution in [3.8, 4) is 0 Å². The molecule has 6 nitrogen and oxygen atoms in total. The fourth-order valence-corrected chi connectivity index (χ4v) is 3.28. The van der Waals surface area contributed by atoms with Gasteiger partial charge >= 0.3 is 5.97 Å². The number of carbonyl (C=O) groups is 2. The van der Waals surface area contributed by atoms with Gasteiger partial charge in [-0.05, 0) is 37.5 Å². The Morgan fingerprint density at radius 1 is 1.26 bits per heavy atom. The van der Waals surface area contributed by atoms with Gasteiger partial charge in [0.2, 0.25) is 5.91 Å². The highest BCUT2D eigenvalue weighted by molar-refractivity contribution is 7.91. The van der Waals surface area contributed by atoms with E-state index in [0.29, 0.717) is 12.8 Å². The van der Waals surface area contributed by atoms with Crippen LogP contribution in [-0.4, -0.2) is 33.2 Å². The Morgan fingerprint density at radius 3 is 2.26 bits per heavy atom. The highest BCUT2D eigenvalue weighted by Crippen LogP contribution is 2.47. The molecule has 1 atom stereocenters. The first-order valence-corrected chi connectivity index (χ1v) is 9.14. The number of esters is 1. The number of carbonyl (C=O) groups excluding carboxylic acids is 2. The van der Waals surface area contributed by atoms with Crippen LogP contribution < -0.4 is 5.32 Å². The average molecular weight is 339 g/mol. The lowest BCUT2D eigenvalue weighted by Gasteiger charge is -2.18. The molecule has 0 bridgehead atoms. The van der Waals surface area contributed by atoms with Crippen LogP contribution in [0.25, 0.3) is 0 Å². The van der Waals surface area contributed by atoms with Gasteiger partial charge in [-0.25, -0.2) is 8.42 Å². The minimum Gasteiger partial charge on any atom is -0.468 e. The summed E-state index contributed by atoms with van der Waals surface area (Å²) in [7, 11) is -1.97. The zero-order valence-corrected chi connectivity index (χ0v) is 14.3. The lowest BCUT2D eigenvalue weighted by atomic mass is 10.0. The number of benzene rings is 1. The molecule has 0 heterocycles. The first-order chi connectivity index (χ1) is 10.8. The highest BCUT2D eigenvalue weighted by atomic mass is 32.2. The number of ether oxygens (including phenoxy) is 1. The predicted molar refractivity (Wildman–Crippen MR) is 84.4 cm³/mol. The smallest absolute Gasteiger partial charge is 0.321 e. The monoisotopic (exact) mass is 339 g/mol. The predicted octanol–water partition coefficient (Wildman–Crippen LogP) is 1.61. The van der Waals surface area contributed by atoms with E-state index in [4.69, 9.17) is 0 Å². The molecule has 1 amide bonds. The van der Waals surface area contributed by atoms with Crippen molar-refractivity contribution in [3.05, 3.63) is 29.8 Å². The topological polar surface area (TPSA) is 89.5 Å². The number of nitrogens with one attached hydrogen (secondary N) is 1. The SMILES string of the molecule is CCS(=O)(=O)c1ccc([C@H](C)NC(=O)C2(C(=O)OC)CC2)cc1. The van der Waals surface area contributed by atoms with Crippen LogP contribution in [-0.2, 0) is 24.2 Å². The fourth-order valence-electron chi connectivity index (χ4n) is 2.39. The van der Waals surface area contributed by atoms with E-state index in [1.807, 2.05) is 0 Å². The van der Waals surface area contributed by atoms with Crippen LogP contribution in [0.15, 0.2) is 29.2 Å². The zero-order chi connectivity index (χ0) is 17.3. The standard InChI is InChI=1S/C16H21NO5S/c1-4-23(20,21)13-7-5-12(6-8-13)11(2)17-14(18)16(9-10-16)15(19)22-3/h5-8,11H,4,9-10H2,1-3H3,(H,17,18)/t11-/m0/s1. The lowest BCUT2D eigenvalue weighted by molar-refractivity contribution is -0.152. The minimum atomic E-state index is -3.24. The van der Waals surface area contributed by atoms with E-state index in [-0.39, 0.29) is 22.6 Å². The van der Waals surface area contributed by atoms with E-state index in [9.17, 15) is 18.0 Å². The summed E-state index contributed by atoms with van der Waals surface area (Å²) in [5, 5.41) is 2.80. The summed E-state index contributed by atoms with van der Waals surface area (Å²) in [6, 6.07) is 6.08. The van der Waals surface area contributed by atoms with Crippen molar-refractivity contribution in [1.82, 2.24) is 5.32 Å². The maximum atomic E-state index is 12.3. The summed E-state index contributed by atoms with van der Waals surface area (Å²) in [5.41, 5.74) is -0.275. The molecule has 0 unspecified atom stereocenters. The van der Waals surface area contributed by atoms with E-state index in [0.717, 1.165) is 5.56 Å². The molecule has 23 heavy (non-hydrogen) atoms. The largest absolute Gasteiger partial charge is 0.468 e. The molecular weight excluding hydrogens is 318 g/mol. The number of rotatable bonds is 6. The molecule has 2 rings (SSSR count). The van der Waals surface area contributed by atoms with Gasteiger partial charge in [-0.15, -0.1) is 0 Å². The maximum Gasteiger partial charge on any atom is 0.321 e. The van der Waals surface area contributed by atoms with Crippen molar-refractivity contribution in [2.75, 3.05) is 12.9 Å². The van der Waals surface area contributed by atoms with Crippen molar-refractivity contribution in [1.29, 1.82) is 0 Å². The first kappa shape index (κ1) is 17.5. The molecular formula is C16H21NO5S. The molecule has 7 heteroatoms. The average Bonchev–Trinajstić information content (AvgIpc) is 3.36. The molecule has 1 aliphatic carbocycles. The Labute approximate surface area is 136 Å². The molecule has 0 radical (unpaired) electrons. The molecule has 1 saturated carbocycles. The number of methoxy groups -OCH3 is 1. The second-order valence-corrected chi connectivity index (χ2v) is 8.02. The fraction of sp³-hybridized carbons (Fsp3) is 0.500. The van der Waals surface area contributed by atoms with Gasteiger partial charge in [-0.2, -0.15) is 0 Å². The molecule has 1 aromatic carbocycles. The van der Waals surface area contributed by atoms with E-state index in [1.165, 1.54) is 19.2 Å². The summed E-state index contributed by atoms with van der Waals surface area (Å²) in [6.45, 7) is 3.38. The molecule has 126 valence electrons. The van der Waals surface area contributed by atoms with Crippen molar-refractivity contribution in [2.45, 2.75) is 37.6 Å². The Balaban J connectivity index is 2.08. The maximum absolute atomic E-state index is 12.3. The van der Waals surface area contributed by atoms with Gasteiger partial charge in [0.15, 0.2) is 9.84 Å². The number of hydrogen-bond donors (Lipinski definition) is 1. The van der Waals surface area contributed by atoms with Gasteiger partial charge in [-0.1, -0.05) is 19.1 Å². The Kier molecular flexibility index (Phi) is 4.79. The summed E-state index contributed by atoms with van der Waals surface area (Å²) in [6.07, 6.45) is 0.984. The highest BCUT2D eigenvalue weighted by Gasteiger charge is 2.57. The van der Waals surface area contributed by atoms with Crippen LogP contribution in [0.1, 0.15) is 38.3 Å². The van der Waals surface area contributed by atoms with Crippen LogP contribution in [0.5, 0.6) is 0 Å². The molecule has 1 N–H and O–H groups in total. The first-order valence-electron chi connectivity index (χ1n) is 7.49. The van der Waals surface area contributed by atoms with Crippen molar-refractivity contribution in [2.24, 2.45) is 5.41 Å². The third-order valence-corrected chi connectivity index (χ3v) is 5.98. The quantitative estimate of drug-likeness (QED) is 0.628. The minimum absolute atomic E-state index is 0.0419. The third-order valence-electron chi connectivity index (χ3n) is 4.23. The molecule has 0 saturated heterocycles. The van der Waals surface area contributed by atoms with Crippen LogP contribution in [0.3, 0.4) is 0 Å². The van der Waals surface area contributed by atoms with Crippen LogP contribution in [0.4, 0.5) is 0 Å². The van der Waals surface area contributed by atoms with Gasteiger partial charge in [0.05, 0.1) is 23.8 Å². The van der Waals surface area contributed by atoms with Crippen molar-refractivity contribution in [3.63, 3.8) is 0 Å². The van der Waals surface area contributed by atoms with Gasteiger partial charge in [0, 0.05) is 0 Å². The lowest BCUT2D eigenvalue weighted by Crippen LogP contribution is -2.39. The Hall–Kier alpha value is -1.89.